The normalized spacial score (nSPS) is 10.3. The minimum absolute atomic E-state index is 0.833. The van der Waals surface area contributed by atoms with Crippen LogP contribution in [0, 0.1) is 5.92 Å². The molecule has 3 aromatic heterocycles. The molecule has 0 amide bonds. The second-order valence-corrected chi connectivity index (χ2v) is 29.8. The Morgan fingerprint density at radius 2 is 0.371 bits per heavy atom. The van der Waals surface area contributed by atoms with Crippen molar-refractivity contribution in [3.05, 3.63) is 466 Å². The quantitative estimate of drug-likeness (QED) is 0.157. The summed E-state index contributed by atoms with van der Waals surface area (Å²) in [6, 6.07) is 159. The van der Waals surface area contributed by atoms with Gasteiger partial charge >= 0.3 is 0 Å². The van der Waals surface area contributed by atoms with E-state index in [-0.39, 0.29) is 0 Å². The van der Waals surface area contributed by atoms with Crippen LogP contribution in [-0.4, -0.2) is 13.7 Å². The van der Waals surface area contributed by atoms with Gasteiger partial charge in [-0.05, 0) is 164 Å². The van der Waals surface area contributed by atoms with Gasteiger partial charge in [-0.25, -0.2) is 0 Å². The summed E-state index contributed by atoms with van der Waals surface area (Å²) < 4.78 is 6.89. The lowest BCUT2D eigenvalue weighted by Crippen LogP contribution is -2.09. The molecule has 624 valence electrons. The first-order valence-corrected chi connectivity index (χ1v) is 44.6. The SMILES string of the molecule is CC.CC.CC.CC(C)C.CCC.CCC.Cn1c2ccccc2c2ccccc21.c1ccc(-n2c3ccccc3c3ccccc32)cc1.c1ccc(-n2c3ccccc3c3ccccc32)cc1.c1ccc(N(c2ccccc2)c2ccccc2)cc1.c1ccc2c(c1)Cc1ccccc1-2.c1ccc2c(c1)c1ccccc1c1ccccc21.c1ccccc1. The first-order chi connectivity index (χ1) is 61.2. The lowest BCUT2D eigenvalue weighted by Gasteiger charge is -2.25. The fourth-order valence-electron chi connectivity index (χ4n) is 15.2. The fraction of sp³-hybridized carbons (Fsp3) is 0.150. The number of fused-ring (bicyclic) bond motifs is 18. The second-order valence-electron chi connectivity index (χ2n) is 29.8. The molecule has 0 saturated heterocycles. The predicted molar refractivity (Wildman–Crippen MR) is 550 cm³/mol. The standard InChI is InChI=1S/2C18H13N.C18H15N.C18H12.C13H11N.C13H10.C6H6.C4H10.2C3H8.3C2H6/c2*1-2-8-14(9-3-1)19-17-12-6-4-10-15(17)16-11-5-7-13-18(16)19;1-4-10-16(11-5-1)19(17-12-6-2-7-13-17)18-14-8-3-9-15-18;1-2-8-14-13(7-1)15-9-3-4-11-17(15)18-12-6-5-10-16(14)18;1-14-12-8-4-2-6-10(12)11-7-3-5-9-13(11)14;1-3-7-12-10(5-1)9-11-6-2-4-8-13(11)12;1-2-4-6-5-3-1;1-4(2)3;2*1-3-2;3*1-2/h2*1-13H;1-15H;1-12H;2-9H,1H3;1-8H,9H2;1-6H;4H,1-3H3;2*3H2,1-2H3;3*1-2H3. The molecule has 0 unspecified atom stereocenters. The number of anilines is 3. The van der Waals surface area contributed by atoms with Gasteiger partial charge in [-0.2, -0.15) is 0 Å². The van der Waals surface area contributed by atoms with E-state index in [9.17, 15) is 0 Å². The van der Waals surface area contributed by atoms with E-state index in [2.05, 4.69) is 474 Å². The average molecular weight is 1620 g/mol. The summed E-state index contributed by atoms with van der Waals surface area (Å²) in [4.78, 5) is 2.25. The summed E-state index contributed by atoms with van der Waals surface area (Å²) in [5, 5.41) is 15.9. The molecule has 3 heterocycles. The molecule has 0 fully saturated rings. The zero-order chi connectivity index (χ0) is 87.6. The maximum absolute atomic E-state index is 2.32. The minimum atomic E-state index is 0.833. The molecular weight excluding hydrogens is 1500 g/mol. The Labute approximate surface area is 739 Å². The maximum Gasteiger partial charge on any atom is 0.0541 e. The molecule has 0 saturated carbocycles. The summed E-state index contributed by atoms with van der Waals surface area (Å²) in [6.07, 6.45) is 3.60. The molecule has 0 atom stereocenters. The van der Waals surface area contributed by atoms with E-state index < -0.39 is 0 Å². The molecule has 21 aromatic rings. The first-order valence-electron chi connectivity index (χ1n) is 44.6. The third-order valence-corrected chi connectivity index (χ3v) is 20.1. The molecule has 0 radical (unpaired) electrons. The number of para-hydroxylation sites is 11. The third-order valence-electron chi connectivity index (χ3n) is 20.1. The van der Waals surface area contributed by atoms with E-state index >= 15 is 0 Å². The van der Waals surface area contributed by atoms with Gasteiger partial charge < -0.3 is 18.6 Å². The highest BCUT2D eigenvalue weighted by atomic mass is 15.1. The van der Waals surface area contributed by atoms with Gasteiger partial charge in [0, 0.05) is 78.8 Å². The molecule has 4 nitrogen and oxygen atoms in total. The molecule has 0 aliphatic heterocycles. The van der Waals surface area contributed by atoms with Gasteiger partial charge in [0.15, 0.2) is 0 Å². The summed E-state index contributed by atoms with van der Waals surface area (Å²) >= 11 is 0. The molecule has 0 N–H and O–H groups in total. The molecule has 0 spiro atoms. The average Bonchev–Trinajstić information content (AvgIpc) is 1.03. The summed E-state index contributed by atoms with van der Waals surface area (Å²) in [7, 11) is 2.12. The van der Waals surface area contributed by atoms with Crippen LogP contribution in [0.4, 0.5) is 17.1 Å². The van der Waals surface area contributed by atoms with E-state index in [1.54, 1.807) is 0 Å². The van der Waals surface area contributed by atoms with E-state index in [4.69, 9.17) is 0 Å². The van der Waals surface area contributed by atoms with Crippen LogP contribution >= 0.6 is 0 Å². The third kappa shape index (κ3) is 23.6. The van der Waals surface area contributed by atoms with Gasteiger partial charge in [-0.15, -0.1) is 0 Å². The van der Waals surface area contributed by atoms with Crippen LogP contribution in [0.2, 0.25) is 0 Å². The van der Waals surface area contributed by atoms with E-state index in [1.807, 2.05) is 96.1 Å². The topological polar surface area (TPSA) is 18.0 Å². The van der Waals surface area contributed by atoms with Gasteiger partial charge in [0.25, 0.3) is 0 Å². The van der Waals surface area contributed by atoms with Crippen molar-refractivity contribution in [3.8, 4) is 22.5 Å². The Balaban J connectivity index is 0.000000149. The smallest absolute Gasteiger partial charge is 0.0541 e. The lowest BCUT2D eigenvalue weighted by atomic mass is 9.95. The Kier molecular flexibility index (Phi) is 36.9. The number of rotatable bonds is 5. The number of hydrogen-bond donors (Lipinski definition) is 0. The van der Waals surface area contributed by atoms with Gasteiger partial charge in [0.05, 0.1) is 22.1 Å². The maximum atomic E-state index is 2.32. The molecular formula is C120H124N4. The van der Waals surface area contributed by atoms with Crippen molar-refractivity contribution in [3.63, 3.8) is 0 Å². The van der Waals surface area contributed by atoms with E-state index in [0.717, 1.165) is 12.3 Å². The molecule has 124 heavy (non-hydrogen) atoms. The summed E-state index contributed by atoms with van der Waals surface area (Å²) in [6.45, 7) is 27.0. The molecule has 22 rings (SSSR count). The highest BCUT2D eigenvalue weighted by Crippen LogP contribution is 2.39. The van der Waals surface area contributed by atoms with Crippen molar-refractivity contribution in [2.45, 2.75) is 109 Å². The second kappa shape index (κ2) is 49.6. The highest BCUT2D eigenvalue weighted by molar-refractivity contribution is 6.25. The Hall–Kier alpha value is -14.1. The summed E-state index contributed by atoms with van der Waals surface area (Å²) in [5.41, 5.74) is 19.3. The Morgan fingerprint density at radius 3 is 0.605 bits per heavy atom. The molecule has 1 aliphatic rings. The molecule has 1 aliphatic carbocycles. The fourth-order valence-corrected chi connectivity index (χ4v) is 15.2. The van der Waals surface area contributed by atoms with Gasteiger partial charge in [-0.3, -0.25) is 0 Å². The Morgan fingerprint density at radius 1 is 0.210 bits per heavy atom. The van der Waals surface area contributed by atoms with Crippen molar-refractivity contribution >= 4 is 115 Å². The van der Waals surface area contributed by atoms with Gasteiger partial charge in [-0.1, -0.05) is 461 Å². The largest absolute Gasteiger partial charge is 0.344 e. The van der Waals surface area contributed by atoms with Gasteiger partial charge in [0.2, 0.25) is 0 Å². The lowest BCUT2D eigenvalue weighted by molar-refractivity contribution is 0.737. The highest BCUT2D eigenvalue weighted by Gasteiger charge is 2.18. The summed E-state index contributed by atoms with van der Waals surface area (Å²) in [5.74, 6) is 0.833. The van der Waals surface area contributed by atoms with Crippen molar-refractivity contribution in [1.29, 1.82) is 0 Å². The minimum Gasteiger partial charge on any atom is -0.344 e. The first kappa shape index (κ1) is 92.2. The van der Waals surface area contributed by atoms with Crippen LogP contribution in [0.15, 0.2) is 455 Å². The number of aromatic nitrogens is 3. The van der Waals surface area contributed by atoms with Gasteiger partial charge in [0.1, 0.15) is 0 Å². The van der Waals surface area contributed by atoms with Crippen molar-refractivity contribution in [2.75, 3.05) is 4.90 Å². The molecule has 0 bridgehead atoms. The molecule has 4 heteroatoms. The van der Waals surface area contributed by atoms with Crippen LogP contribution in [0.5, 0.6) is 0 Å². The van der Waals surface area contributed by atoms with E-state index in [1.165, 1.54) is 161 Å². The van der Waals surface area contributed by atoms with E-state index in [0.29, 0.717) is 0 Å². The zero-order valence-electron chi connectivity index (χ0n) is 75.3. The van der Waals surface area contributed by atoms with Crippen LogP contribution in [0.3, 0.4) is 0 Å². The number of hydrogen-bond acceptors (Lipinski definition) is 1. The zero-order valence-corrected chi connectivity index (χ0v) is 75.3. The van der Waals surface area contributed by atoms with Crippen molar-refractivity contribution < 1.29 is 0 Å². The number of nitrogens with zero attached hydrogens (tertiary/aromatic N) is 4. The molecule has 18 aromatic carbocycles. The number of benzene rings is 18. The van der Waals surface area contributed by atoms with Crippen LogP contribution in [0.1, 0.15) is 114 Å². The van der Waals surface area contributed by atoms with Crippen LogP contribution in [0.25, 0.3) is 120 Å². The van der Waals surface area contributed by atoms with Crippen LogP contribution in [-0.2, 0) is 13.5 Å². The van der Waals surface area contributed by atoms with Crippen molar-refractivity contribution in [2.24, 2.45) is 13.0 Å². The monoisotopic (exact) mass is 1620 g/mol. The number of aryl methyl sites for hydroxylation is 1. The van der Waals surface area contributed by atoms with Crippen LogP contribution < -0.4 is 4.90 Å². The van der Waals surface area contributed by atoms with Crippen molar-refractivity contribution in [1.82, 2.24) is 13.7 Å². The Bertz CT molecular complexity index is 5920. The predicted octanol–water partition coefficient (Wildman–Crippen LogP) is 35.7.